The number of urea groups is 1. The first kappa shape index (κ1) is 18.2. The Balaban J connectivity index is 1.24. The second kappa shape index (κ2) is 7.55. The molecule has 3 amide bonds. The number of carbonyl (C=O) groups is 2. The molecule has 5 rings (SSSR count). The topological polar surface area (TPSA) is 84.0 Å². The highest BCUT2D eigenvalue weighted by Gasteiger charge is 2.31. The summed E-state index contributed by atoms with van der Waals surface area (Å²) >= 11 is 0. The van der Waals surface area contributed by atoms with E-state index in [1.807, 2.05) is 30.3 Å². The number of ether oxygens (including phenoxy) is 2. The van der Waals surface area contributed by atoms with E-state index in [2.05, 4.69) is 10.3 Å². The fourth-order valence-electron chi connectivity index (χ4n) is 3.70. The van der Waals surface area contributed by atoms with Crippen LogP contribution in [0.3, 0.4) is 0 Å². The maximum atomic E-state index is 12.8. The summed E-state index contributed by atoms with van der Waals surface area (Å²) in [6, 6.07) is 14.6. The summed E-state index contributed by atoms with van der Waals surface area (Å²) in [4.78, 5) is 32.8. The molecule has 152 valence electrons. The zero-order valence-electron chi connectivity index (χ0n) is 16.2. The van der Waals surface area contributed by atoms with Gasteiger partial charge in [0.05, 0.1) is 5.52 Å². The molecule has 3 heterocycles. The second-order valence-corrected chi connectivity index (χ2v) is 7.14. The molecule has 8 nitrogen and oxygen atoms in total. The summed E-state index contributed by atoms with van der Waals surface area (Å²) in [6.07, 6.45) is 1.73. The number of aromatic nitrogens is 1. The van der Waals surface area contributed by atoms with E-state index in [0.717, 1.165) is 16.6 Å². The maximum Gasteiger partial charge on any atom is 0.325 e. The molecular formula is C22H20N4O4. The van der Waals surface area contributed by atoms with Crippen molar-refractivity contribution in [2.24, 2.45) is 0 Å². The number of nitrogens with one attached hydrogen (secondary N) is 1. The molecule has 8 heteroatoms. The molecule has 3 aromatic rings. The number of anilines is 2. The van der Waals surface area contributed by atoms with E-state index in [0.29, 0.717) is 43.5 Å². The van der Waals surface area contributed by atoms with Crippen molar-refractivity contribution in [3.05, 3.63) is 54.7 Å². The zero-order chi connectivity index (χ0) is 20.5. The minimum atomic E-state index is -0.240. The number of benzene rings is 2. The Bertz CT molecular complexity index is 1130. The molecule has 2 aromatic carbocycles. The van der Waals surface area contributed by atoms with Gasteiger partial charge in [-0.25, -0.2) is 4.79 Å². The Labute approximate surface area is 173 Å². The number of carbonyl (C=O) groups excluding carboxylic acids is 2. The van der Waals surface area contributed by atoms with E-state index in [1.54, 1.807) is 29.3 Å². The molecule has 0 bridgehead atoms. The van der Waals surface area contributed by atoms with Gasteiger partial charge in [0.1, 0.15) is 19.8 Å². The van der Waals surface area contributed by atoms with Crippen molar-refractivity contribution >= 4 is 34.2 Å². The first-order chi connectivity index (χ1) is 14.7. The molecule has 1 fully saturated rings. The van der Waals surface area contributed by atoms with E-state index in [-0.39, 0.29) is 18.5 Å². The lowest BCUT2D eigenvalue weighted by atomic mass is 10.2. The lowest BCUT2D eigenvalue weighted by Crippen LogP contribution is -2.37. The van der Waals surface area contributed by atoms with E-state index in [1.165, 1.54) is 4.90 Å². The van der Waals surface area contributed by atoms with Crippen molar-refractivity contribution in [1.82, 2.24) is 9.88 Å². The highest BCUT2D eigenvalue weighted by molar-refractivity contribution is 6.00. The highest BCUT2D eigenvalue weighted by Crippen LogP contribution is 2.35. The third-order valence-corrected chi connectivity index (χ3v) is 5.15. The molecule has 0 atom stereocenters. The average molecular weight is 404 g/mol. The van der Waals surface area contributed by atoms with Gasteiger partial charge in [-0.3, -0.25) is 14.7 Å². The van der Waals surface area contributed by atoms with Gasteiger partial charge in [-0.2, -0.15) is 0 Å². The Morgan fingerprint density at radius 1 is 1.03 bits per heavy atom. The highest BCUT2D eigenvalue weighted by atomic mass is 16.6. The minimum absolute atomic E-state index is 0.00897. The van der Waals surface area contributed by atoms with Crippen LogP contribution in [0.25, 0.3) is 10.9 Å². The molecule has 0 unspecified atom stereocenters. The predicted octanol–water partition coefficient (Wildman–Crippen LogP) is 2.89. The molecule has 1 N–H and O–H groups in total. The van der Waals surface area contributed by atoms with Gasteiger partial charge < -0.3 is 19.7 Å². The standard InChI is InChI=1S/C22H20N4O4/c27-21(24-16-3-5-18-15(12-16)2-1-7-23-18)14-25-8-9-26(22(25)28)17-4-6-19-20(13-17)30-11-10-29-19/h1-7,12-13H,8-11,14H2,(H,24,27). The van der Waals surface area contributed by atoms with Crippen LogP contribution in [-0.4, -0.2) is 54.7 Å². The van der Waals surface area contributed by atoms with Gasteiger partial charge in [-0.15, -0.1) is 0 Å². The predicted molar refractivity (Wildman–Crippen MR) is 112 cm³/mol. The molecule has 0 radical (unpaired) electrons. The van der Waals surface area contributed by atoms with E-state index < -0.39 is 0 Å². The first-order valence-corrected chi connectivity index (χ1v) is 9.78. The number of hydrogen-bond acceptors (Lipinski definition) is 5. The minimum Gasteiger partial charge on any atom is -0.486 e. The smallest absolute Gasteiger partial charge is 0.325 e. The molecule has 0 spiro atoms. The number of rotatable bonds is 4. The number of amides is 3. The van der Waals surface area contributed by atoms with Crippen LogP contribution in [0.4, 0.5) is 16.2 Å². The van der Waals surface area contributed by atoms with Gasteiger partial charge in [-0.05, 0) is 36.4 Å². The third kappa shape index (κ3) is 3.47. The summed E-state index contributed by atoms with van der Waals surface area (Å²) in [6.45, 7) is 1.98. The van der Waals surface area contributed by atoms with Crippen molar-refractivity contribution < 1.29 is 19.1 Å². The summed E-state index contributed by atoms with van der Waals surface area (Å²) < 4.78 is 11.1. The van der Waals surface area contributed by atoms with Gasteiger partial charge in [0, 0.05) is 42.1 Å². The molecule has 30 heavy (non-hydrogen) atoms. The van der Waals surface area contributed by atoms with Crippen LogP contribution in [0, 0.1) is 0 Å². The maximum absolute atomic E-state index is 12.8. The molecule has 1 saturated heterocycles. The summed E-state index contributed by atoms with van der Waals surface area (Å²) in [7, 11) is 0. The van der Waals surface area contributed by atoms with Gasteiger partial charge in [0.25, 0.3) is 0 Å². The van der Waals surface area contributed by atoms with Crippen LogP contribution in [0.15, 0.2) is 54.7 Å². The molecule has 1 aromatic heterocycles. The summed E-state index contributed by atoms with van der Waals surface area (Å²) in [5, 5.41) is 3.80. The summed E-state index contributed by atoms with van der Waals surface area (Å²) in [5.41, 5.74) is 2.27. The molecular weight excluding hydrogens is 384 g/mol. The first-order valence-electron chi connectivity index (χ1n) is 9.78. The van der Waals surface area contributed by atoms with Crippen LogP contribution in [0.1, 0.15) is 0 Å². The number of nitrogens with zero attached hydrogens (tertiary/aromatic N) is 3. The van der Waals surface area contributed by atoms with Gasteiger partial charge >= 0.3 is 6.03 Å². The van der Waals surface area contributed by atoms with E-state index in [9.17, 15) is 9.59 Å². The number of fused-ring (bicyclic) bond motifs is 2. The fraction of sp³-hybridized carbons (Fsp3) is 0.227. The Kier molecular flexibility index (Phi) is 4.59. The van der Waals surface area contributed by atoms with Gasteiger partial charge in [0.15, 0.2) is 11.5 Å². The average Bonchev–Trinajstić information content (AvgIpc) is 3.13. The molecule has 0 saturated carbocycles. The lowest BCUT2D eigenvalue weighted by molar-refractivity contribution is -0.116. The van der Waals surface area contributed by atoms with Crippen molar-refractivity contribution in [2.75, 3.05) is 43.1 Å². The SMILES string of the molecule is O=C(CN1CCN(c2ccc3c(c2)OCCO3)C1=O)Nc1ccc2ncccc2c1. The van der Waals surface area contributed by atoms with Crippen LogP contribution < -0.4 is 19.7 Å². The van der Waals surface area contributed by atoms with Gasteiger partial charge in [-0.1, -0.05) is 6.07 Å². The molecule has 2 aliphatic heterocycles. The lowest BCUT2D eigenvalue weighted by Gasteiger charge is -2.22. The second-order valence-electron chi connectivity index (χ2n) is 7.14. The Morgan fingerprint density at radius 2 is 1.90 bits per heavy atom. The van der Waals surface area contributed by atoms with Crippen LogP contribution in [0.5, 0.6) is 11.5 Å². The quantitative estimate of drug-likeness (QED) is 0.723. The fourth-order valence-corrected chi connectivity index (χ4v) is 3.70. The van der Waals surface area contributed by atoms with Crippen molar-refractivity contribution in [3.8, 4) is 11.5 Å². The zero-order valence-corrected chi connectivity index (χ0v) is 16.2. The summed E-state index contributed by atoms with van der Waals surface area (Å²) in [5.74, 6) is 1.07. The Morgan fingerprint density at radius 3 is 2.80 bits per heavy atom. The molecule has 2 aliphatic rings. The van der Waals surface area contributed by atoms with E-state index in [4.69, 9.17) is 9.47 Å². The third-order valence-electron chi connectivity index (χ3n) is 5.15. The Hall–Kier alpha value is -3.81. The van der Waals surface area contributed by atoms with Crippen LogP contribution >= 0.6 is 0 Å². The normalized spacial score (nSPS) is 15.5. The van der Waals surface area contributed by atoms with Crippen LogP contribution in [-0.2, 0) is 4.79 Å². The number of pyridine rings is 1. The van der Waals surface area contributed by atoms with Crippen LogP contribution in [0.2, 0.25) is 0 Å². The number of hydrogen-bond donors (Lipinski definition) is 1. The van der Waals surface area contributed by atoms with Gasteiger partial charge in [0.2, 0.25) is 5.91 Å². The van der Waals surface area contributed by atoms with Crippen molar-refractivity contribution in [3.63, 3.8) is 0 Å². The largest absolute Gasteiger partial charge is 0.486 e. The molecule has 0 aliphatic carbocycles. The van der Waals surface area contributed by atoms with Crippen molar-refractivity contribution in [2.45, 2.75) is 0 Å². The van der Waals surface area contributed by atoms with Crippen molar-refractivity contribution in [1.29, 1.82) is 0 Å². The monoisotopic (exact) mass is 404 g/mol. The van der Waals surface area contributed by atoms with E-state index >= 15 is 0 Å².